The molecule has 8 heteroatoms. The normalized spacial score (nSPS) is 16.7. The maximum atomic E-state index is 12.4. The fourth-order valence-corrected chi connectivity index (χ4v) is 3.03. The molecule has 1 aliphatic rings. The Labute approximate surface area is 146 Å². The van der Waals surface area contributed by atoms with E-state index < -0.39 is 12.7 Å². The summed E-state index contributed by atoms with van der Waals surface area (Å²) in [5, 5.41) is 3.40. The summed E-state index contributed by atoms with van der Waals surface area (Å²) in [6, 6.07) is 3.80. The largest absolute Gasteiger partial charge is 0.496 e. The van der Waals surface area contributed by atoms with Crippen molar-refractivity contribution in [2.75, 3.05) is 41.0 Å². The third-order valence-corrected chi connectivity index (χ3v) is 4.36. The average Bonchev–Trinajstić information content (AvgIpc) is 2.59. The van der Waals surface area contributed by atoms with Crippen LogP contribution in [0.25, 0.3) is 0 Å². The molecule has 0 bridgehead atoms. The van der Waals surface area contributed by atoms with E-state index in [1.807, 2.05) is 6.07 Å². The molecule has 0 aromatic heterocycles. The third-order valence-electron chi connectivity index (χ3n) is 4.36. The topological polar surface area (TPSA) is 43.0 Å². The van der Waals surface area contributed by atoms with Crippen LogP contribution in [0.1, 0.15) is 18.4 Å². The van der Waals surface area contributed by atoms with Gasteiger partial charge in [0, 0.05) is 24.2 Å². The van der Waals surface area contributed by atoms with Gasteiger partial charge in [-0.1, -0.05) is 0 Å². The minimum Gasteiger partial charge on any atom is -0.496 e. The number of nitrogens with zero attached hydrogens (tertiary/aromatic N) is 1. The maximum absolute atomic E-state index is 12.4. The summed E-state index contributed by atoms with van der Waals surface area (Å²) >= 11 is 0. The lowest BCUT2D eigenvalue weighted by atomic mass is 10.0. The van der Waals surface area contributed by atoms with Gasteiger partial charge in [-0.2, -0.15) is 13.2 Å². The smallest absolute Gasteiger partial charge is 0.401 e. The number of piperidine rings is 1. The first-order valence-corrected chi connectivity index (χ1v) is 8.17. The number of alkyl halides is 3. The Morgan fingerprint density at radius 1 is 1.00 bits per heavy atom. The van der Waals surface area contributed by atoms with Crippen molar-refractivity contribution < 1.29 is 27.4 Å². The number of nitrogens with one attached hydrogen (secondary N) is 1. The van der Waals surface area contributed by atoms with E-state index in [1.54, 1.807) is 27.4 Å². The van der Waals surface area contributed by atoms with Gasteiger partial charge in [0.25, 0.3) is 0 Å². The third kappa shape index (κ3) is 5.67. The van der Waals surface area contributed by atoms with Gasteiger partial charge in [0.1, 0.15) is 5.75 Å². The number of halogens is 3. The monoisotopic (exact) mass is 362 g/mol. The SMILES string of the molecule is COc1cc(OC)c(OC)cc1CNC1CCN(CC(F)(F)F)CC1. The highest BCUT2D eigenvalue weighted by Gasteiger charge is 2.32. The fraction of sp³-hybridized carbons (Fsp3) is 0.647. The van der Waals surface area contributed by atoms with Gasteiger partial charge in [-0.25, -0.2) is 0 Å². The number of rotatable bonds is 7. The molecular formula is C17H25F3N2O3. The van der Waals surface area contributed by atoms with Crippen LogP contribution in [0.5, 0.6) is 17.2 Å². The molecule has 0 radical (unpaired) electrons. The summed E-state index contributed by atoms with van der Waals surface area (Å²) in [4.78, 5) is 1.45. The van der Waals surface area contributed by atoms with Crippen LogP contribution in [0, 0.1) is 0 Å². The second kappa shape index (κ2) is 8.62. The fourth-order valence-electron chi connectivity index (χ4n) is 3.03. The molecule has 2 rings (SSSR count). The summed E-state index contributed by atoms with van der Waals surface area (Å²) in [5.74, 6) is 1.88. The highest BCUT2D eigenvalue weighted by atomic mass is 19.4. The van der Waals surface area contributed by atoms with E-state index in [2.05, 4.69) is 5.32 Å². The number of hydrogen-bond acceptors (Lipinski definition) is 5. The molecule has 1 saturated heterocycles. The lowest BCUT2D eigenvalue weighted by Gasteiger charge is -2.33. The quantitative estimate of drug-likeness (QED) is 0.808. The molecule has 0 unspecified atom stereocenters. The molecule has 0 atom stereocenters. The van der Waals surface area contributed by atoms with Crippen molar-refractivity contribution in [1.29, 1.82) is 0 Å². The summed E-state index contributed by atoms with van der Waals surface area (Å²) in [5.41, 5.74) is 0.915. The highest BCUT2D eigenvalue weighted by Crippen LogP contribution is 2.34. The van der Waals surface area contributed by atoms with Crippen molar-refractivity contribution in [2.45, 2.75) is 31.6 Å². The minimum atomic E-state index is -4.13. The van der Waals surface area contributed by atoms with Gasteiger partial charge in [-0.15, -0.1) is 0 Å². The standard InChI is InChI=1S/C17H25F3N2O3/c1-23-14-9-16(25-3)15(24-2)8-12(14)10-21-13-4-6-22(7-5-13)11-17(18,19)20/h8-9,13,21H,4-7,10-11H2,1-3H3. The van der Waals surface area contributed by atoms with Crippen LogP contribution in [0.4, 0.5) is 13.2 Å². The summed E-state index contributed by atoms with van der Waals surface area (Å²) in [6.07, 6.45) is -2.76. The Bertz CT molecular complexity index is 559. The lowest BCUT2D eigenvalue weighted by Crippen LogP contribution is -2.45. The molecule has 1 fully saturated rings. The molecule has 1 heterocycles. The van der Waals surface area contributed by atoms with Crippen molar-refractivity contribution in [3.63, 3.8) is 0 Å². The Morgan fingerprint density at radius 3 is 2.08 bits per heavy atom. The molecule has 1 aromatic rings. The average molecular weight is 362 g/mol. The van der Waals surface area contributed by atoms with E-state index in [4.69, 9.17) is 14.2 Å². The van der Waals surface area contributed by atoms with E-state index >= 15 is 0 Å². The summed E-state index contributed by atoms with van der Waals surface area (Å²) in [7, 11) is 4.71. The molecule has 0 saturated carbocycles. The van der Waals surface area contributed by atoms with Crippen LogP contribution in [0.3, 0.4) is 0 Å². The van der Waals surface area contributed by atoms with Gasteiger partial charge in [0.2, 0.25) is 0 Å². The van der Waals surface area contributed by atoms with Crippen molar-refractivity contribution in [3.8, 4) is 17.2 Å². The van der Waals surface area contributed by atoms with Crippen LogP contribution in [-0.2, 0) is 6.54 Å². The zero-order chi connectivity index (χ0) is 18.4. The molecular weight excluding hydrogens is 337 g/mol. The number of likely N-dealkylation sites (tertiary alicyclic amines) is 1. The predicted molar refractivity (Wildman–Crippen MR) is 88.5 cm³/mol. The summed E-state index contributed by atoms with van der Waals surface area (Å²) < 4.78 is 53.2. The molecule has 0 amide bonds. The number of benzene rings is 1. The Balaban J connectivity index is 1.91. The number of methoxy groups -OCH3 is 3. The van der Waals surface area contributed by atoms with Gasteiger partial charge in [-0.05, 0) is 32.0 Å². The lowest BCUT2D eigenvalue weighted by molar-refractivity contribution is -0.148. The van der Waals surface area contributed by atoms with Crippen LogP contribution in [-0.4, -0.2) is 58.1 Å². The van der Waals surface area contributed by atoms with Crippen molar-refractivity contribution in [2.24, 2.45) is 0 Å². The van der Waals surface area contributed by atoms with E-state index in [1.165, 1.54) is 4.90 Å². The Kier molecular flexibility index (Phi) is 6.78. The van der Waals surface area contributed by atoms with Gasteiger partial charge in [0.05, 0.1) is 27.9 Å². The van der Waals surface area contributed by atoms with Crippen LogP contribution >= 0.6 is 0 Å². The molecule has 0 spiro atoms. The molecule has 142 valence electrons. The molecule has 1 aromatic carbocycles. The van der Waals surface area contributed by atoms with E-state index in [9.17, 15) is 13.2 Å². The van der Waals surface area contributed by atoms with Crippen molar-refractivity contribution in [1.82, 2.24) is 10.2 Å². The van der Waals surface area contributed by atoms with E-state index in [0.29, 0.717) is 49.7 Å². The first-order valence-electron chi connectivity index (χ1n) is 8.17. The molecule has 0 aliphatic carbocycles. The van der Waals surface area contributed by atoms with Gasteiger partial charge in [0.15, 0.2) is 11.5 Å². The molecule has 25 heavy (non-hydrogen) atoms. The van der Waals surface area contributed by atoms with Crippen LogP contribution < -0.4 is 19.5 Å². The number of hydrogen-bond donors (Lipinski definition) is 1. The summed E-state index contributed by atoms with van der Waals surface area (Å²) in [6.45, 7) is 0.608. The molecule has 5 nitrogen and oxygen atoms in total. The second-order valence-corrected chi connectivity index (χ2v) is 6.07. The number of ether oxygens (including phenoxy) is 3. The minimum absolute atomic E-state index is 0.183. The molecule has 1 aliphatic heterocycles. The zero-order valence-electron chi connectivity index (χ0n) is 14.8. The van der Waals surface area contributed by atoms with Gasteiger partial charge >= 0.3 is 6.18 Å². The Morgan fingerprint density at radius 2 is 1.56 bits per heavy atom. The second-order valence-electron chi connectivity index (χ2n) is 6.07. The van der Waals surface area contributed by atoms with E-state index in [0.717, 1.165) is 5.56 Å². The zero-order valence-corrected chi connectivity index (χ0v) is 14.8. The molecule has 1 N–H and O–H groups in total. The van der Waals surface area contributed by atoms with Gasteiger partial charge in [-0.3, -0.25) is 4.90 Å². The van der Waals surface area contributed by atoms with Crippen LogP contribution in [0.15, 0.2) is 12.1 Å². The van der Waals surface area contributed by atoms with E-state index in [-0.39, 0.29) is 6.04 Å². The highest BCUT2D eigenvalue weighted by molar-refractivity contribution is 5.50. The Hall–Kier alpha value is -1.67. The first kappa shape index (κ1) is 19.7. The van der Waals surface area contributed by atoms with Crippen molar-refractivity contribution >= 4 is 0 Å². The van der Waals surface area contributed by atoms with Gasteiger partial charge < -0.3 is 19.5 Å². The maximum Gasteiger partial charge on any atom is 0.401 e. The first-order chi connectivity index (χ1) is 11.9. The van der Waals surface area contributed by atoms with Crippen LogP contribution in [0.2, 0.25) is 0 Å². The van der Waals surface area contributed by atoms with Crippen molar-refractivity contribution in [3.05, 3.63) is 17.7 Å². The predicted octanol–water partition coefficient (Wildman–Crippen LogP) is 2.83.